The van der Waals surface area contributed by atoms with Gasteiger partial charge in [-0.05, 0) is 55.3 Å². The zero-order chi connectivity index (χ0) is 15.9. The molecular weight excluding hydrogens is 296 g/mol. The Bertz CT molecular complexity index is 474. The number of amides is 1. The molecule has 1 atom stereocenters. The molecule has 1 N–H and O–H groups in total. The topological polar surface area (TPSA) is 43.8 Å². The summed E-state index contributed by atoms with van der Waals surface area (Å²) >= 11 is 1.26. The SMILES string of the molecule is CN(C)C(=O)Sc1ccc(CN2CCCCC2CCO)cc1. The normalized spacial score (nSPS) is 19.1. The molecule has 1 aromatic rings. The summed E-state index contributed by atoms with van der Waals surface area (Å²) in [5.41, 5.74) is 1.27. The fraction of sp³-hybridized carbons (Fsp3) is 0.588. The summed E-state index contributed by atoms with van der Waals surface area (Å²) in [6, 6.07) is 8.76. The molecule has 1 aliphatic rings. The third-order valence-corrected chi connectivity index (χ3v) is 5.14. The maximum absolute atomic E-state index is 11.7. The zero-order valence-corrected chi connectivity index (χ0v) is 14.3. The van der Waals surface area contributed by atoms with Gasteiger partial charge in [0.15, 0.2) is 0 Å². The van der Waals surface area contributed by atoms with Crippen LogP contribution in [0.15, 0.2) is 29.2 Å². The molecule has 1 saturated heterocycles. The van der Waals surface area contributed by atoms with Crippen LogP contribution in [0.25, 0.3) is 0 Å². The molecular formula is C17H26N2O2S. The van der Waals surface area contributed by atoms with Crippen LogP contribution in [0, 0.1) is 0 Å². The third-order valence-electron chi connectivity index (χ3n) is 4.09. The Morgan fingerprint density at radius 1 is 1.32 bits per heavy atom. The van der Waals surface area contributed by atoms with E-state index in [4.69, 9.17) is 0 Å². The second kappa shape index (κ2) is 8.56. The highest BCUT2D eigenvalue weighted by atomic mass is 32.2. The summed E-state index contributed by atoms with van der Waals surface area (Å²) in [7, 11) is 3.53. The van der Waals surface area contributed by atoms with Crippen LogP contribution >= 0.6 is 11.8 Å². The van der Waals surface area contributed by atoms with Gasteiger partial charge in [0.2, 0.25) is 0 Å². The van der Waals surface area contributed by atoms with E-state index in [1.807, 2.05) is 12.1 Å². The summed E-state index contributed by atoms with van der Waals surface area (Å²) in [6.45, 7) is 2.31. The lowest BCUT2D eigenvalue weighted by Gasteiger charge is -2.35. The first-order valence-electron chi connectivity index (χ1n) is 7.93. The molecule has 0 radical (unpaired) electrons. The molecule has 0 saturated carbocycles. The van der Waals surface area contributed by atoms with Gasteiger partial charge in [-0.1, -0.05) is 18.6 Å². The maximum atomic E-state index is 11.7. The zero-order valence-electron chi connectivity index (χ0n) is 13.5. The molecule has 22 heavy (non-hydrogen) atoms. The largest absolute Gasteiger partial charge is 0.396 e. The molecule has 1 unspecified atom stereocenters. The minimum absolute atomic E-state index is 0.0480. The van der Waals surface area contributed by atoms with E-state index in [1.54, 1.807) is 19.0 Å². The summed E-state index contributed by atoms with van der Waals surface area (Å²) in [5.74, 6) is 0. The number of aliphatic hydroxyl groups excluding tert-OH is 1. The number of benzene rings is 1. The molecule has 0 aromatic heterocycles. The van der Waals surface area contributed by atoms with Crippen LogP contribution in [0.1, 0.15) is 31.2 Å². The molecule has 4 nitrogen and oxygen atoms in total. The maximum Gasteiger partial charge on any atom is 0.285 e. The van der Waals surface area contributed by atoms with Gasteiger partial charge in [0.25, 0.3) is 5.24 Å². The average molecular weight is 322 g/mol. The Kier molecular flexibility index (Phi) is 6.73. The summed E-state index contributed by atoms with van der Waals surface area (Å²) in [6.07, 6.45) is 4.56. The van der Waals surface area contributed by atoms with Gasteiger partial charge in [-0.3, -0.25) is 9.69 Å². The predicted octanol–water partition coefficient (Wildman–Crippen LogP) is 3.20. The lowest BCUT2D eigenvalue weighted by molar-refractivity contribution is 0.112. The summed E-state index contributed by atoms with van der Waals surface area (Å²) < 4.78 is 0. The molecule has 5 heteroatoms. The van der Waals surface area contributed by atoms with Crippen LogP contribution in [0.4, 0.5) is 4.79 Å². The first-order chi connectivity index (χ1) is 10.6. The first-order valence-corrected chi connectivity index (χ1v) is 8.75. The highest BCUT2D eigenvalue weighted by Gasteiger charge is 2.21. The van der Waals surface area contributed by atoms with Crippen molar-refractivity contribution in [2.45, 2.75) is 43.2 Å². The Hall–Kier alpha value is -1.04. The lowest BCUT2D eigenvalue weighted by Crippen LogP contribution is -2.39. The highest BCUT2D eigenvalue weighted by molar-refractivity contribution is 8.13. The fourth-order valence-electron chi connectivity index (χ4n) is 2.83. The number of likely N-dealkylation sites (tertiary alicyclic amines) is 1. The third kappa shape index (κ3) is 5.00. The van der Waals surface area contributed by atoms with E-state index >= 15 is 0 Å². The molecule has 0 spiro atoms. The average Bonchev–Trinajstić information content (AvgIpc) is 2.51. The van der Waals surface area contributed by atoms with Gasteiger partial charge in [-0.25, -0.2) is 0 Å². The van der Waals surface area contributed by atoms with E-state index in [0.717, 1.165) is 24.4 Å². The van der Waals surface area contributed by atoms with E-state index in [9.17, 15) is 9.90 Å². The number of hydrogen-bond acceptors (Lipinski definition) is 4. The Morgan fingerprint density at radius 3 is 2.68 bits per heavy atom. The number of nitrogens with zero attached hydrogens (tertiary/aromatic N) is 2. The van der Waals surface area contributed by atoms with Crippen molar-refractivity contribution in [3.8, 4) is 0 Å². The van der Waals surface area contributed by atoms with Gasteiger partial charge >= 0.3 is 0 Å². The van der Waals surface area contributed by atoms with Gasteiger partial charge in [0.1, 0.15) is 0 Å². The van der Waals surface area contributed by atoms with E-state index in [0.29, 0.717) is 6.04 Å². The fourth-order valence-corrected chi connectivity index (χ4v) is 3.49. The van der Waals surface area contributed by atoms with Gasteiger partial charge in [-0.2, -0.15) is 0 Å². The van der Waals surface area contributed by atoms with Crippen molar-refractivity contribution in [1.82, 2.24) is 9.80 Å². The van der Waals surface area contributed by atoms with Crippen LogP contribution in [-0.2, 0) is 6.54 Å². The molecule has 122 valence electrons. The standard InChI is InChI=1S/C17H26N2O2S/c1-18(2)17(21)22-16-8-6-14(7-9-16)13-19-11-4-3-5-15(19)10-12-20/h6-9,15,20H,3-5,10-13H2,1-2H3. The summed E-state index contributed by atoms with van der Waals surface area (Å²) in [4.78, 5) is 16.7. The number of carbonyl (C=O) groups excluding carboxylic acids is 1. The van der Waals surface area contributed by atoms with Gasteiger partial charge in [0.05, 0.1) is 0 Å². The molecule has 2 rings (SSSR count). The number of hydrogen-bond donors (Lipinski definition) is 1. The molecule has 1 fully saturated rings. The molecule has 0 aliphatic carbocycles. The number of piperidine rings is 1. The van der Waals surface area contributed by atoms with Crippen molar-refractivity contribution in [3.05, 3.63) is 29.8 Å². The smallest absolute Gasteiger partial charge is 0.285 e. The van der Waals surface area contributed by atoms with E-state index in [1.165, 1.54) is 36.6 Å². The minimum atomic E-state index is 0.0480. The van der Waals surface area contributed by atoms with Crippen LogP contribution < -0.4 is 0 Å². The van der Waals surface area contributed by atoms with Crippen molar-refractivity contribution in [2.24, 2.45) is 0 Å². The number of thioether (sulfide) groups is 1. The van der Waals surface area contributed by atoms with Crippen LogP contribution in [0.2, 0.25) is 0 Å². The molecule has 1 heterocycles. The molecule has 1 amide bonds. The summed E-state index contributed by atoms with van der Waals surface area (Å²) in [5, 5.41) is 9.25. The second-order valence-electron chi connectivity index (χ2n) is 6.04. The van der Waals surface area contributed by atoms with Crippen molar-refractivity contribution in [1.29, 1.82) is 0 Å². The molecule has 1 aromatic carbocycles. The van der Waals surface area contributed by atoms with E-state index in [2.05, 4.69) is 17.0 Å². The number of rotatable bonds is 5. The Morgan fingerprint density at radius 2 is 2.05 bits per heavy atom. The van der Waals surface area contributed by atoms with E-state index in [-0.39, 0.29) is 11.8 Å². The van der Waals surface area contributed by atoms with Crippen molar-refractivity contribution >= 4 is 17.0 Å². The van der Waals surface area contributed by atoms with Crippen molar-refractivity contribution in [3.63, 3.8) is 0 Å². The van der Waals surface area contributed by atoms with Crippen LogP contribution in [-0.4, -0.2) is 53.4 Å². The van der Waals surface area contributed by atoms with E-state index < -0.39 is 0 Å². The first kappa shape index (κ1) is 17.3. The monoisotopic (exact) mass is 322 g/mol. The van der Waals surface area contributed by atoms with Gasteiger partial charge in [-0.15, -0.1) is 0 Å². The van der Waals surface area contributed by atoms with Gasteiger partial charge in [0, 0.05) is 38.2 Å². The van der Waals surface area contributed by atoms with Crippen molar-refractivity contribution in [2.75, 3.05) is 27.2 Å². The Labute approximate surface area is 137 Å². The van der Waals surface area contributed by atoms with Crippen LogP contribution in [0.5, 0.6) is 0 Å². The second-order valence-corrected chi connectivity index (χ2v) is 7.06. The highest BCUT2D eigenvalue weighted by Crippen LogP contribution is 2.24. The van der Waals surface area contributed by atoms with Crippen LogP contribution in [0.3, 0.4) is 0 Å². The lowest BCUT2D eigenvalue weighted by atomic mass is 9.99. The number of aliphatic hydroxyl groups is 1. The Balaban J connectivity index is 1.93. The predicted molar refractivity (Wildman–Crippen MR) is 91.1 cm³/mol. The van der Waals surface area contributed by atoms with Crippen molar-refractivity contribution < 1.29 is 9.90 Å². The molecule has 0 bridgehead atoms. The quantitative estimate of drug-likeness (QED) is 0.846. The molecule has 1 aliphatic heterocycles. The van der Waals surface area contributed by atoms with Gasteiger partial charge < -0.3 is 10.0 Å². The minimum Gasteiger partial charge on any atom is -0.396 e. The number of carbonyl (C=O) groups is 1.